The zero-order valence-electron chi connectivity index (χ0n) is 40.3. The fraction of sp³-hybridized carbons (Fsp3) is 0.396. The molecule has 0 aromatic heterocycles. The van der Waals surface area contributed by atoms with Crippen molar-refractivity contribution in [1.29, 1.82) is 0 Å². The van der Waals surface area contributed by atoms with Crippen LogP contribution in [0.4, 0.5) is 22.7 Å². The van der Waals surface area contributed by atoms with E-state index in [0.29, 0.717) is 65.9 Å². The quantitative estimate of drug-likeness (QED) is 0.0962. The smallest absolute Gasteiger partial charge is 0.262 e. The SMILES string of the molecule is COc1ccc(C2CC(=O)N(c3cccc(NS(C)(=O)=O)c3)C2)cc1OC1CCCC1.COc1cccc(S(=O)(=O)Nc2cc(N3CC(c4ccc(OC)c(OC5CCCC5)c4)CC3=O)ccc2C)c1. The van der Waals surface area contributed by atoms with Gasteiger partial charge in [0.1, 0.15) is 5.75 Å². The number of amides is 2. The van der Waals surface area contributed by atoms with Gasteiger partial charge in [0, 0.05) is 55.2 Å². The van der Waals surface area contributed by atoms with E-state index in [4.69, 9.17) is 23.7 Å². The minimum atomic E-state index is -3.86. The third-order valence-electron chi connectivity index (χ3n) is 13.3. The number of carbonyl (C=O) groups excluding carboxylic acids is 2. The van der Waals surface area contributed by atoms with Crippen LogP contribution in [0.2, 0.25) is 0 Å². The molecule has 372 valence electrons. The molecule has 0 bridgehead atoms. The van der Waals surface area contributed by atoms with Crippen molar-refractivity contribution in [1.82, 2.24) is 0 Å². The number of carbonyl (C=O) groups is 2. The van der Waals surface area contributed by atoms with Gasteiger partial charge >= 0.3 is 0 Å². The van der Waals surface area contributed by atoms with Gasteiger partial charge in [-0.05, 0) is 142 Å². The molecule has 9 rings (SSSR count). The Hall–Kier alpha value is -6.46. The highest BCUT2D eigenvalue weighted by atomic mass is 32.2. The number of rotatable bonds is 16. The third kappa shape index (κ3) is 12.1. The van der Waals surface area contributed by atoms with Gasteiger partial charge in [-0.2, -0.15) is 0 Å². The summed E-state index contributed by atoms with van der Waals surface area (Å²) in [5.41, 5.74) is 4.98. The van der Waals surface area contributed by atoms with E-state index < -0.39 is 20.0 Å². The van der Waals surface area contributed by atoms with Gasteiger partial charge in [-0.3, -0.25) is 19.0 Å². The van der Waals surface area contributed by atoms with Crippen LogP contribution in [-0.2, 0) is 29.6 Å². The molecule has 4 aliphatic rings. The molecule has 2 N–H and O–H groups in total. The van der Waals surface area contributed by atoms with Crippen molar-refractivity contribution in [3.8, 4) is 28.7 Å². The Balaban J connectivity index is 0.000000193. The van der Waals surface area contributed by atoms with Crippen LogP contribution in [0.1, 0.15) is 92.7 Å². The summed E-state index contributed by atoms with van der Waals surface area (Å²) in [4.78, 5) is 29.4. The lowest BCUT2D eigenvalue weighted by molar-refractivity contribution is -0.118. The summed E-state index contributed by atoms with van der Waals surface area (Å²) in [6, 6.07) is 30.4. The monoisotopic (exact) mass is 994 g/mol. The van der Waals surface area contributed by atoms with Gasteiger partial charge < -0.3 is 33.5 Å². The molecule has 0 spiro atoms. The normalized spacial score (nSPS) is 18.6. The van der Waals surface area contributed by atoms with E-state index in [1.54, 1.807) is 60.4 Å². The third-order valence-corrected chi connectivity index (χ3v) is 15.3. The summed E-state index contributed by atoms with van der Waals surface area (Å²) < 4.78 is 83.0. The Morgan fingerprint density at radius 2 is 1.09 bits per heavy atom. The van der Waals surface area contributed by atoms with Crippen molar-refractivity contribution in [2.45, 2.75) is 100 Å². The molecule has 2 aliphatic heterocycles. The summed E-state index contributed by atoms with van der Waals surface area (Å²) in [6.45, 7) is 2.83. The number of nitrogens with zero attached hydrogens (tertiary/aromatic N) is 2. The van der Waals surface area contributed by atoms with Crippen LogP contribution in [-0.4, -0.2) is 81.5 Å². The Morgan fingerprint density at radius 1 is 0.557 bits per heavy atom. The van der Waals surface area contributed by atoms with Gasteiger partial charge in [-0.15, -0.1) is 0 Å². The molecule has 2 saturated heterocycles. The molecule has 17 heteroatoms. The first kappa shape index (κ1) is 49.9. The van der Waals surface area contributed by atoms with Gasteiger partial charge in [-0.1, -0.05) is 30.3 Å². The molecular formula is C53H62N4O11S2. The lowest BCUT2D eigenvalue weighted by atomic mass is 9.98. The van der Waals surface area contributed by atoms with Crippen LogP contribution in [0.3, 0.4) is 0 Å². The molecule has 2 atom stereocenters. The van der Waals surface area contributed by atoms with E-state index in [9.17, 15) is 26.4 Å². The second-order valence-corrected chi connectivity index (χ2v) is 21.8. The van der Waals surface area contributed by atoms with Crippen LogP contribution in [0, 0.1) is 6.92 Å². The molecule has 2 amide bonds. The van der Waals surface area contributed by atoms with Crippen LogP contribution >= 0.6 is 0 Å². The zero-order valence-corrected chi connectivity index (χ0v) is 41.9. The van der Waals surface area contributed by atoms with Gasteiger partial charge in [-0.25, -0.2) is 16.8 Å². The number of aryl methyl sites for hydroxylation is 1. The first-order valence-electron chi connectivity index (χ1n) is 23.7. The summed E-state index contributed by atoms with van der Waals surface area (Å²) in [5, 5.41) is 0. The van der Waals surface area contributed by atoms with Gasteiger partial charge in [0.2, 0.25) is 21.8 Å². The van der Waals surface area contributed by atoms with E-state index in [1.807, 2.05) is 61.5 Å². The Kier molecular flexibility index (Phi) is 15.5. The number of benzene rings is 5. The molecule has 2 saturated carbocycles. The number of anilines is 4. The Morgan fingerprint density at radius 3 is 1.60 bits per heavy atom. The van der Waals surface area contributed by atoms with Crippen molar-refractivity contribution in [3.05, 3.63) is 120 Å². The van der Waals surface area contributed by atoms with Crippen LogP contribution in [0.25, 0.3) is 0 Å². The first-order chi connectivity index (χ1) is 33.6. The first-order valence-corrected chi connectivity index (χ1v) is 27.1. The molecule has 0 radical (unpaired) electrons. The molecule has 2 aliphatic carbocycles. The minimum absolute atomic E-state index is 0.00980. The van der Waals surface area contributed by atoms with Crippen molar-refractivity contribution < 1.29 is 50.1 Å². The van der Waals surface area contributed by atoms with Crippen molar-refractivity contribution in [2.24, 2.45) is 0 Å². The predicted octanol–water partition coefficient (Wildman–Crippen LogP) is 9.56. The molecule has 4 fully saturated rings. The summed E-state index contributed by atoms with van der Waals surface area (Å²) in [5.74, 6) is 3.30. The van der Waals surface area contributed by atoms with Gasteiger partial charge in [0.15, 0.2) is 23.0 Å². The number of hydrogen-bond acceptors (Lipinski definition) is 11. The van der Waals surface area contributed by atoms with E-state index in [-0.39, 0.29) is 40.8 Å². The lowest BCUT2D eigenvalue weighted by Gasteiger charge is -2.20. The van der Waals surface area contributed by atoms with Gasteiger partial charge in [0.25, 0.3) is 10.0 Å². The van der Waals surface area contributed by atoms with Crippen LogP contribution in [0.15, 0.2) is 108 Å². The van der Waals surface area contributed by atoms with Crippen molar-refractivity contribution >= 4 is 54.6 Å². The second kappa shape index (κ2) is 21.7. The molecule has 2 heterocycles. The molecule has 5 aromatic rings. The highest BCUT2D eigenvalue weighted by Gasteiger charge is 2.34. The van der Waals surface area contributed by atoms with E-state index in [2.05, 4.69) is 9.44 Å². The average Bonchev–Trinajstić information content (AvgIpc) is 4.19. The van der Waals surface area contributed by atoms with E-state index >= 15 is 0 Å². The van der Waals surface area contributed by atoms with Crippen molar-refractivity contribution in [2.75, 3.05) is 59.9 Å². The number of nitrogens with one attached hydrogen (secondary N) is 2. The fourth-order valence-electron chi connectivity index (χ4n) is 9.62. The highest BCUT2D eigenvalue weighted by Crippen LogP contribution is 2.41. The second-order valence-electron chi connectivity index (χ2n) is 18.4. The summed E-state index contributed by atoms with van der Waals surface area (Å²) in [6.07, 6.45) is 11.2. The molecule has 70 heavy (non-hydrogen) atoms. The minimum Gasteiger partial charge on any atom is -0.497 e. The predicted molar refractivity (Wildman–Crippen MR) is 271 cm³/mol. The van der Waals surface area contributed by atoms with E-state index in [0.717, 1.165) is 60.1 Å². The number of sulfonamides is 2. The number of methoxy groups -OCH3 is 3. The fourth-order valence-corrected chi connectivity index (χ4v) is 11.3. The molecule has 2 unspecified atom stereocenters. The summed E-state index contributed by atoms with van der Waals surface area (Å²) in [7, 11) is -2.49. The number of hydrogen-bond donors (Lipinski definition) is 2. The topological polar surface area (TPSA) is 179 Å². The highest BCUT2D eigenvalue weighted by molar-refractivity contribution is 7.92. The Labute approximate surface area is 411 Å². The molecule has 5 aromatic carbocycles. The maximum absolute atomic E-state index is 13.1. The maximum atomic E-state index is 13.1. The van der Waals surface area contributed by atoms with E-state index in [1.165, 1.54) is 44.9 Å². The summed E-state index contributed by atoms with van der Waals surface area (Å²) >= 11 is 0. The average molecular weight is 995 g/mol. The maximum Gasteiger partial charge on any atom is 0.262 e. The van der Waals surface area contributed by atoms with Crippen LogP contribution in [0.5, 0.6) is 28.7 Å². The van der Waals surface area contributed by atoms with Crippen molar-refractivity contribution in [3.63, 3.8) is 0 Å². The standard InChI is InChI=1S/C30H34N2O6S.C23H28N2O5S/c1-20-11-13-23(17-27(20)31-39(34,35)26-10-6-9-25(18-26)36-2)32-19-22(16-30(32)33)21-12-14-28(37-3)29(15-21)38-24-7-4-5-8-24;1-29-21-11-10-16(12-22(21)30-20-8-3-4-9-20)17-13-23(26)25(15-17)19-7-5-6-18(14-19)24-31(2,27)28/h6,9-15,17-18,22,24,31H,4-5,7-8,16,19H2,1-3H3;5-7,10-12,14,17,20,24H,3-4,8-9,13,15H2,1-2H3. The number of ether oxygens (including phenoxy) is 5. The van der Waals surface area contributed by atoms with Gasteiger partial charge in [0.05, 0.1) is 56.1 Å². The molecule has 15 nitrogen and oxygen atoms in total. The Bertz CT molecular complexity index is 2920. The van der Waals surface area contributed by atoms with Crippen LogP contribution < -0.4 is 42.9 Å². The largest absolute Gasteiger partial charge is 0.497 e. The lowest BCUT2D eigenvalue weighted by Crippen LogP contribution is -2.24. The zero-order chi connectivity index (χ0) is 49.6. The molecular weight excluding hydrogens is 933 g/mol.